The molecule has 0 amide bonds. The van der Waals surface area contributed by atoms with Crippen LogP contribution in [0.25, 0.3) is 0 Å². The number of nitrogens with zero attached hydrogens (tertiary/aromatic N) is 3. The van der Waals surface area contributed by atoms with E-state index >= 15 is 0 Å². The summed E-state index contributed by atoms with van der Waals surface area (Å²) in [5.41, 5.74) is 0. The van der Waals surface area contributed by atoms with Gasteiger partial charge in [-0.1, -0.05) is 5.16 Å². The van der Waals surface area contributed by atoms with Crippen LogP contribution in [0.4, 0.5) is 0 Å². The van der Waals surface area contributed by atoms with Gasteiger partial charge >= 0.3 is 0 Å². The quantitative estimate of drug-likeness (QED) is 0.410. The Hall–Kier alpha value is -1.24. The molecule has 1 aromatic rings. The van der Waals surface area contributed by atoms with Gasteiger partial charge in [-0.2, -0.15) is 16.7 Å². The number of unbranched alkanes of at least 4 members (excludes halogenated alkanes) is 1. The lowest BCUT2D eigenvalue weighted by molar-refractivity contribution is 0.374. The van der Waals surface area contributed by atoms with E-state index in [-0.39, 0.29) is 0 Å². The molecule has 0 spiro atoms. The van der Waals surface area contributed by atoms with Gasteiger partial charge in [-0.25, -0.2) is 0 Å². The Balaban J connectivity index is 2.25. The fourth-order valence-corrected chi connectivity index (χ4v) is 2.11. The van der Waals surface area contributed by atoms with E-state index in [0.29, 0.717) is 18.1 Å². The minimum absolute atomic E-state index is 0.658. The molecule has 114 valence electrons. The van der Waals surface area contributed by atoms with E-state index < -0.39 is 0 Å². The van der Waals surface area contributed by atoms with E-state index in [2.05, 4.69) is 38.9 Å². The Labute approximate surface area is 125 Å². The number of rotatable bonds is 9. The molecule has 0 aliphatic rings. The van der Waals surface area contributed by atoms with E-state index in [1.54, 1.807) is 0 Å². The zero-order chi connectivity index (χ0) is 14.6. The lowest BCUT2D eigenvalue weighted by atomic mass is 10.3. The summed E-state index contributed by atoms with van der Waals surface area (Å²) in [6.45, 7) is 6.33. The summed E-state index contributed by atoms with van der Waals surface area (Å²) in [5, 5.41) is 10.3. The average Bonchev–Trinajstić information content (AvgIpc) is 2.84. The monoisotopic (exact) mass is 299 g/mol. The van der Waals surface area contributed by atoms with Crippen LogP contribution in [0.3, 0.4) is 0 Å². The maximum Gasteiger partial charge on any atom is 0.228 e. The number of hydrogen-bond donors (Lipinski definition) is 2. The van der Waals surface area contributed by atoms with Crippen LogP contribution < -0.4 is 10.6 Å². The first-order chi connectivity index (χ1) is 9.76. The molecular formula is C13H25N5OS. The zero-order valence-corrected chi connectivity index (χ0v) is 13.4. The molecule has 1 aromatic heterocycles. The Morgan fingerprint density at radius 3 is 2.85 bits per heavy atom. The molecule has 0 aliphatic carbocycles. The summed E-state index contributed by atoms with van der Waals surface area (Å²) in [6, 6.07) is 0. The second-order valence-corrected chi connectivity index (χ2v) is 5.36. The molecule has 0 unspecified atom stereocenters. The van der Waals surface area contributed by atoms with E-state index in [1.807, 2.05) is 18.7 Å². The highest BCUT2D eigenvalue weighted by Gasteiger charge is 2.03. The second-order valence-electron chi connectivity index (χ2n) is 4.37. The third-order valence-corrected chi connectivity index (χ3v) is 3.27. The van der Waals surface area contributed by atoms with Gasteiger partial charge in [0.25, 0.3) is 0 Å². The maximum absolute atomic E-state index is 5.07. The summed E-state index contributed by atoms with van der Waals surface area (Å²) in [7, 11) is 0. The normalized spacial score (nSPS) is 11.7. The van der Waals surface area contributed by atoms with Gasteiger partial charge in [0.05, 0.1) is 0 Å². The Bertz CT molecular complexity index is 394. The van der Waals surface area contributed by atoms with Crippen molar-refractivity contribution in [1.29, 1.82) is 0 Å². The summed E-state index contributed by atoms with van der Waals surface area (Å²) in [5.74, 6) is 3.39. The predicted octanol–water partition coefficient (Wildman–Crippen LogP) is 1.62. The summed E-state index contributed by atoms with van der Waals surface area (Å²) < 4.78 is 5.07. The van der Waals surface area contributed by atoms with Crippen LogP contribution in [-0.2, 0) is 6.42 Å². The molecule has 0 bridgehead atoms. The Kier molecular flexibility index (Phi) is 8.86. The summed E-state index contributed by atoms with van der Waals surface area (Å²) >= 11 is 1.88. The summed E-state index contributed by atoms with van der Waals surface area (Å²) in [6.07, 6.45) is 5.18. The zero-order valence-electron chi connectivity index (χ0n) is 12.6. The van der Waals surface area contributed by atoms with Crippen molar-refractivity contribution in [2.45, 2.75) is 33.1 Å². The highest BCUT2D eigenvalue weighted by molar-refractivity contribution is 7.98. The van der Waals surface area contributed by atoms with Crippen molar-refractivity contribution in [3.63, 3.8) is 0 Å². The third-order valence-electron chi connectivity index (χ3n) is 2.57. The van der Waals surface area contributed by atoms with Crippen LogP contribution in [0.2, 0.25) is 0 Å². The van der Waals surface area contributed by atoms with Crippen molar-refractivity contribution in [2.24, 2.45) is 4.99 Å². The van der Waals surface area contributed by atoms with Gasteiger partial charge in [-0.05, 0) is 38.7 Å². The molecule has 1 heterocycles. The molecule has 0 saturated heterocycles. The van der Waals surface area contributed by atoms with E-state index in [4.69, 9.17) is 4.52 Å². The number of hydrogen-bond acceptors (Lipinski definition) is 5. The largest absolute Gasteiger partial charge is 0.357 e. The van der Waals surface area contributed by atoms with Gasteiger partial charge in [-0.15, -0.1) is 0 Å². The van der Waals surface area contributed by atoms with Crippen LogP contribution >= 0.6 is 11.8 Å². The van der Waals surface area contributed by atoms with E-state index in [9.17, 15) is 0 Å². The van der Waals surface area contributed by atoms with Gasteiger partial charge in [0.1, 0.15) is 0 Å². The Morgan fingerprint density at radius 1 is 1.35 bits per heavy atom. The smallest absolute Gasteiger partial charge is 0.228 e. The lowest BCUT2D eigenvalue weighted by Crippen LogP contribution is -2.38. The molecule has 2 N–H and O–H groups in total. The fourth-order valence-electron chi connectivity index (χ4n) is 1.62. The molecule has 7 heteroatoms. The number of thioether (sulfide) groups is 1. The molecule has 20 heavy (non-hydrogen) atoms. The van der Waals surface area contributed by atoms with Gasteiger partial charge in [-0.3, -0.25) is 4.99 Å². The number of guanidine groups is 1. The minimum Gasteiger partial charge on any atom is -0.357 e. The molecular weight excluding hydrogens is 274 g/mol. The number of aromatic nitrogens is 2. The highest BCUT2D eigenvalue weighted by Crippen LogP contribution is 1.99. The third kappa shape index (κ3) is 7.37. The fraction of sp³-hybridized carbons (Fsp3) is 0.769. The van der Waals surface area contributed by atoms with E-state index in [1.165, 1.54) is 12.2 Å². The number of aryl methyl sites for hydroxylation is 1. The molecule has 0 fully saturated rings. The highest BCUT2D eigenvalue weighted by atomic mass is 32.2. The topological polar surface area (TPSA) is 75.3 Å². The minimum atomic E-state index is 0.658. The van der Waals surface area contributed by atoms with Gasteiger partial charge in [0.2, 0.25) is 5.89 Å². The van der Waals surface area contributed by atoms with Gasteiger partial charge in [0.15, 0.2) is 11.8 Å². The molecule has 0 radical (unpaired) electrons. The van der Waals surface area contributed by atoms with Crippen molar-refractivity contribution in [3.05, 3.63) is 11.7 Å². The molecule has 1 rings (SSSR count). The average molecular weight is 299 g/mol. The maximum atomic E-state index is 5.07. The van der Waals surface area contributed by atoms with E-state index in [0.717, 1.165) is 32.0 Å². The number of nitrogens with one attached hydrogen (secondary N) is 2. The van der Waals surface area contributed by atoms with Gasteiger partial charge in [0, 0.05) is 26.1 Å². The van der Waals surface area contributed by atoms with Crippen molar-refractivity contribution in [2.75, 3.05) is 31.6 Å². The van der Waals surface area contributed by atoms with Crippen LogP contribution in [-0.4, -0.2) is 47.7 Å². The number of aliphatic imine (C=N–C) groups is 1. The second kappa shape index (κ2) is 10.5. The van der Waals surface area contributed by atoms with Crippen LogP contribution in [0, 0.1) is 6.92 Å². The van der Waals surface area contributed by atoms with Crippen LogP contribution in [0.15, 0.2) is 9.52 Å². The Morgan fingerprint density at radius 2 is 2.20 bits per heavy atom. The van der Waals surface area contributed by atoms with Crippen LogP contribution in [0.1, 0.15) is 31.5 Å². The molecule has 6 nitrogen and oxygen atoms in total. The molecule has 0 aliphatic heterocycles. The summed E-state index contributed by atoms with van der Waals surface area (Å²) in [4.78, 5) is 8.71. The molecule has 0 saturated carbocycles. The first kappa shape index (κ1) is 16.8. The SMILES string of the molecule is CCNC(=NCCCCSC)NCCc1nc(C)no1. The van der Waals surface area contributed by atoms with Crippen molar-refractivity contribution >= 4 is 17.7 Å². The molecule has 0 aromatic carbocycles. The van der Waals surface area contributed by atoms with Crippen molar-refractivity contribution in [1.82, 2.24) is 20.8 Å². The first-order valence-corrected chi connectivity index (χ1v) is 8.46. The van der Waals surface area contributed by atoms with Gasteiger partial charge < -0.3 is 15.2 Å². The first-order valence-electron chi connectivity index (χ1n) is 7.06. The lowest BCUT2D eigenvalue weighted by Gasteiger charge is -2.10. The standard InChI is InChI=1S/C13H25N5OS/c1-4-14-13(15-8-5-6-10-20-3)16-9-7-12-17-11(2)18-19-12/h4-10H2,1-3H3,(H2,14,15,16). The predicted molar refractivity (Wildman–Crippen MR) is 84.3 cm³/mol. The van der Waals surface area contributed by atoms with Crippen molar-refractivity contribution < 1.29 is 4.52 Å². The van der Waals surface area contributed by atoms with Crippen LogP contribution in [0.5, 0.6) is 0 Å². The molecule has 0 atom stereocenters. The van der Waals surface area contributed by atoms with Crippen molar-refractivity contribution in [3.8, 4) is 0 Å².